The smallest absolute Gasteiger partial charge is 0.256 e. The number of nitrogens with zero attached hydrogens (tertiary/aromatic N) is 1. The number of ether oxygens (including phenoxy) is 2. The number of hydrogen-bond donors (Lipinski definition) is 1. The number of fused-ring (bicyclic) bond motifs is 1. The lowest BCUT2D eigenvalue weighted by Crippen LogP contribution is -2.34. The molecular weight excluding hydrogens is 356 g/mol. The summed E-state index contributed by atoms with van der Waals surface area (Å²) in [6, 6.07) is 16.7. The summed E-state index contributed by atoms with van der Waals surface area (Å²) in [7, 11) is 1.60. The topological polar surface area (TPSA) is 73.1 Å². The van der Waals surface area contributed by atoms with E-state index < -0.39 is 0 Å². The second kappa shape index (κ2) is 8.27. The summed E-state index contributed by atoms with van der Waals surface area (Å²) in [6.45, 7) is 1.23. The zero-order valence-electron chi connectivity index (χ0n) is 15.7. The molecule has 0 unspecified atom stereocenters. The summed E-state index contributed by atoms with van der Waals surface area (Å²) < 4.78 is 16.8. The predicted octanol–water partition coefficient (Wildman–Crippen LogP) is 3.58. The molecule has 28 heavy (non-hydrogen) atoms. The lowest BCUT2D eigenvalue weighted by molar-refractivity contribution is 0.0854. The molecule has 0 spiro atoms. The zero-order valence-corrected chi connectivity index (χ0v) is 15.7. The van der Waals surface area contributed by atoms with E-state index in [1.807, 2.05) is 48.5 Å². The zero-order chi connectivity index (χ0) is 19.3. The summed E-state index contributed by atoms with van der Waals surface area (Å²) in [6.07, 6.45) is 2.06. The van der Waals surface area contributed by atoms with Crippen molar-refractivity contribution in [2.75, 3.05) is 20.3 Å². The van der Waals surface area contributed by atoms with Crippen molar-refractivity contribution in [2.45, 2.75) is 18.9 Å². The molecule has 0 aliphatic carbocycles. The van der Waals surface area contributed by atoms with Crippen LogP contribution in [0.4, 0.5) is 5.69 Å². The number of benzene rings is 2. The number of nitrogens with one attached hydrogen (secondary N) is 1. The highest BCUT2D eigenvalue weighted by molar-refractivity contribution is 5.96. The van der Waals surface area contributed by atoms with Gasteiger partial charge in [-0.25, -0.2) is 4.99 Å². The van der Waals surface area contributed by atoms with Gasteiger partial charge in [-0.1, -0.05) is 24.3 Å². The number of rotatable bonds is 5. The summed E-state index contributed by atoms with van der Waals surface area (Å²) in [5.74, 6) is 0.457. The van der Waals surface area contributed by atoms with Crippen LogP contribution in [0.2, 0.25) is 0 Å². The Balaban J connectivity index is 1.73. The van der Waals surface area contributed by atoms with Gasteiger partial charge < -0.3 is 19.2 Å². The van der Waals surface area contributed by atoms with Crippen LogP contribution >= 0.6 is 0 Å². The van der Waals surface area contributed by atoms with Gasteiger partial charge in [0.05, 0.1) is 18.9 Å². The SMILES string of the molecule is COc1cccc(N=c2oc3ccccc3cc2C(=O)NC[C@H]2CCCO2)c1. The van der Waals surface area contributed by atoms with Crippen molar-refractivity contribution in [2.24, 2.45) is 4.99 Å². The van der Waals surface area contributed by atoms with Crippen molar-refractivity contribution in [3.05, 3.63) is 65.7 Å². The molecule has 2 heterocycles. The third-order valence-electron chi connectivity index (χ3n) is 4.70. The summed E-state index contributed by atoms with van der Waals surface area (Å²) in [5, 5.41) is 3.79. The van der Waals surface area contributed by atoms with Gasteiger partial charge >= 0.3 is 0 Å². The molecule has 6 heteroatoms. The first-order chi connectivity index (χ1) is 13.7. The van der Waals surface area contributed by atoms with Crippen LogP contribution in [0, 0.1) is 0 Å². The number of carbonyl (C=O) groups is 1. The van der Waals surface area contributed by atoms with Gasteiger partial charge in [0.1, 0.15) is 16.9 Å². The van der Waals surface area contributed by atoms with Crippen LogP contribution in [0.25, 0.3) is 11.0 Å². The highest BCUT2D eigenvalue weighted by Crippen LogP contribution is 2.20. The molecule has 3 aromatic rings. The maximum atomic E-state index is 12.9. The van der Waals surface area contributed by atoms with Crippen molar-refractivity contribution >= 4 is 22.6 Å². The molecule has 1 amide bonds. The number of methoxy groups -OCH3 is 1. The van der Waals surface area contributed by atoms with Gasteiger partial charge in [0.15, 0.2) is 0 Å². The molecule has 0 radical (unpaired) electrons. The highest BCUT2D eigenvalue weighted by Gasteiger charge is 2.18. The first-order valence-electron chi connectivity index (χ1n) is 9.34. The third kappa shape index (κ3) is 4.07. The van der Waals surface area contributed by atoms with Crippen LogP contribution in [0.5, 0.6) is 5.75 Å². The summed E-state index contributed by atoms with van der Waals surface area (Å²) >= 11 is 0. The fraction of sp³-hybridized carbons (Fsp3) is 0.273. The minimum absolute atomic E-state index is 0.0696. The fourth-order valence-corrected chi connectivity index (χ4v) is 3.22. The Kier molecular flexibility index (Phi) is 5.39. The average molecular weight is 378 g/mol. The van der Waals surface area contributed by atoms with E-state index in [4.69, 9.17) is 13.9 Å². The lowest BCUT2D eigenvalue weighted by atomic mass is 10.1. The molecule has 2 aromatic carbocycles. The van der Waals surface area contributed by atoms with Crippen molar-refractivity contribution < 1.29 is 18.7 Å². The van der Waals surface area contributed by atoms with E-state index in [0.29, 0.717) is 29.1 Å². The lowest BCUT2D eigenvalue weighted by Gasteiger charge is -2.11. The van der Waals surface area contributed by atoms with E-state index in [9.17, 15) is 4.79 Å². The van der Waals surface area contributed by atoms with Crippen LogP contribution < -0.4 is 15.6 Å². The maximum absolute atomic E-state index is 12.9. The van der Waals surface area contributed by atoms with Crippen LogP contribution in [0.15, 0.2) is 64.0 Å². The molecule has 1 saturated heterocycles. The normalized spacial score (nSPS) is 17.0. The monoisotopic (exact) mass is 378 g/mol. The Morgan fingerprint density at radius 3 is 2.93 bits per heavy atom. The highest BCUT2D eigenvalue weighted by atomic mass is 16.5. The molecule has 1 N–H and O–H groups in total. The van der Waals surface area contributed by atoms with E-state index in [2.05, 4.69) is 10.3 Å². The largest absolute Gasteiger partial charge is 0.497 e. The summed E-state index contributed by atoms with van der Waals surface area (Å²) in [4.78, 5) is 17.4. The molecule has 1 aliphatic heterocycles. The van der Waals surface area contributed by atoms with Gasteiger partial charge in [0.25, 0.3) is 5.91 Å². The van der Waals surface area contributed by atoms with E-state index in [-0.39, 0.29) is 17.6 Å². The van der Waals surface area contributed by atoms with E-state index in [1.54, 1.807) is 13.2 Å². The molecule has 1 aliphatic rings. The Labute approximate surface area is 162 Å². The van der Waals surface area contributed by atoms with Crippen LogP contribution in [-0.2, 0) is 4.74 Å². The van der Waals surface area contributed by atoms with Gasteiger partial charge in [-0.15, -0.1) is 0 Å². The molecule has 0 bridgehead atoms. The fourth-order valence-electron chi connectivity index (χ4n) is 3.22. The van der Waals surface area contributed by atoms with Crippen LogP contribution in [0.1, 0.15) is 23.2 Å². The van der Waals surface area contributed by atoms with Gasteiger partial charge in [-0.2, -0.15) is 0 Å². The van der Waals surface area contributed by atoms with Crippen molar-refractivity contribution in [1.82, 2.24) is 5.32 Å². The van der Waals surface area contributed by atoms with E-state index in [1.165, 1.54) is 0 Å². The number of amides is 1. The van der Waals surface area contributed by atoms with Gasteiger partial charge in [-0.3, -0.25) is 4.79 Å². The average Bonchev–Trinajstić information content (AvgIpc) is 3.25. The third-order valence-corrected chi connectivity index (χ3v) is 4.70. The minimum atomic E-state index is -0.230. The van der Waals surface area contributed by atoms with Crippen LogP contribution in [-0.4, -0.2) is 32.3 Å². The van der Waals surface area contributed by atoms with Gasteiger partial charge in [-0.05, 0) is 37.1 Å². The molecule has 144 valence electrons. The molecule has 1 fully saturated rings. The Hall–Kier alpha value is -3.12. The Morgan fingerprint density at radius 1 is 1.21 bits per heavy atom. The molecule has 6 nitrogen and oxygen atoms in total. The number of para-hydroxylation sites is 1. The minimum Gasteiger partial charge on any atom is -0.497 e. The first kappa shape index (κ1) is 18.3. The number of hydrogen-bond acceptors (Lipinski definition) is 5. The molecule has 4 rings (SSSR count). The van der Waals surface area contributed by atoms with Gasteiger partial charge in [0, 0.05) is 24.6 Å². The second-order valence-electron chi connectivity index (χ2n) is 6.66. The predicted molar refractivity (Wildman–Crippen MR) is 106 cm³/mol. The van der Waals surface area contributed by atoms with Crippen molar-refractivity contribution in [1.29, 1.82) is 0 Å². The molecule has 1 aromatic heterocycles. The van der Waals surface area contributed by atoms with E-state index in [0.717, 1.165) is 24.8 Å². The Morgan fingerprint density at radius 2 is 2.11 bits per heavy atom. The van der Waals surface area contributed by atoms with Crippen LogP contribution in [0.3, 0.4) is 0 Å². The first-order valence-corrected chi connectivity index (χ1v) is 9.34. The number of carbonyl (C=O) groups excluding carboxylic acids is 1. The van der Waals surface area contributed by atoms with E-state index >= 15 is 0 Å². The summed E-state index contributed by atoms with van der Waals surface area (Å²) in [5.41, 5.74) is 1.96. The second-order valence-corrected chi connectivity index (χ2v) is 6.66. The van der Waals surface area contributed by atoms with Crippen molar-refractivity contribution in [3.63, 3.8) is 0 Å². The molecule has 0 saturated carbocycles. The molecule has 1 atom stereocenters. The Bertz CT molecular complexity index is 1050. The molecular formula is C22H22N2O4. The quantitative estimate of drug-likeness (QED) is 0.736. The van der Waals surface area contributed by atoms with Gasteiger partial charge in [0.2, 0.25) is 5.55 Å². The maximum Gasteiger partial charge on any atom is 0.256 e. The van der Waals surface area contributed by atoms with Crippen molar-refractivity contribution in [3.8, 4) is 5.75 Å². The standard InChI is InChI=1S/C22H22N2O4/c1-26-17-8-4-7-16(13-17)24-22-19(12-15-6-2-3-10-20(15)28-22)21(25)23-14-18-9-5-11-27-18/h2-4,6-8,10,12-13,18H,5,9,11,14H2,1H3,(H,23,25)/t18-/m1/s1.